The summed E-state index contributed by atoms with van der Waals surface area (Å²) in [5.74, 6) is -0.524. The lowest BCUT2D eigenvalue weighted by atomic mass is 10.0. The fourth-order valence-corrected chi connectivity index (χ4v) is 7.80. The highest BCUT2D eigenvalue weighted by Crippen LogP contribution is 2.35. The minimum absolute atomic E-state index is 0.262. The molecule has 6 nitrogen and oxygen atoms in total. The Morgan fingerprint density at radius 2 is 1.10 bits per heavy atom. The topological polar surface area (TPSA) is 59.1 Å². The minimum Gasteiger partial charge on any atom is -0.468 e. The van der Waals surface area contributed by atoms with Crippen LogP contribution in [-0.2, 0) is 45.0 Å². The number of methoxy groups -OCH3 is 2. The van der Waals surface area contributed by atoms with E-state index in [1.54, 1.807) is 22.7 Å². The molecule has 0 N–H and O–H groups in total. The van der Waals surface area contributed by atoms with Gasteiger partial charge in [-0.25, -0.2) is 9.59 Å². The maximum absolute atomic E-state index is 12.3. The second-order valence-corrected chi connectivity index (χ2v) is 12.9. The van der Waals surface area contributed by atoms with Gasteiger partial charge in [0.25, 0.3) is 0 Å². The summed E-state index contributed by atoms with van der Waals surface area (Å²) in [6.07, 6.45) is 1.93. The van der Waals surface area contributed by atoms with Crippen molar-refractivity contribution in [2.45, 2.75) is 38.0 Å². The third-order valence-corrected chi connectivity index (χ3v) is 10.4. The normalized spacial score (nSPS) is 16.3. The third kappa shape index (κ3) is 6.75. The van der Waals surface area contributed by atoms with Gasteiger partial charge in [-0.05, 0) is 70.1 Å². The van der Waals surface area contributed by atoms with Crippen LogP contribution in [0, 0.1) is 0 Å². The number of carbonyl (C=O) groups is 2. The van der Waals surface area contributed by atoms with Crippen molar-refractivity contribution < 1.29 is 19.1 Å². The van der Waals surface area contributed by atoms with Crippen molar-refractivity contribution in [1.29, 1.82) is 0 Å². The van der Waals surface area contributed by atoms with Gasteiger partial charge in [-0.15, -0.1) is 22.7 Å². The van der Waals surface area contributed by atoms with E-state index in [0.717, 1.165) is 50.1 Å². The highest BCUT2D eigenvalue weighted by molar-refractivity contribution is 7.10. The summed E-state index contributed by atoms with van der Waals surface area (Å²) < 4.78 is 10.0. The Balaban J connectivity index is 0.000000168. The van der Waals surface area contributed by atoms with Crippen LogP contribution in [0.3, 0.4) is 0 Å². The lowest BCUT2D eigenvalue weighted by Crippen LogP contribution is -2.38. The second kappa shape index (κ2) is 14.2. The highest BCUT2D eigenvalue weighted by Gasteiger charge is 2.34. The Hall–Kier alpha value is -2.72. The molecule has 6 rings (SSSR count). The molecule has 0 fully saturated rings. The smallest absolute Gasteiger partial charge is 0.327 e. The van der Waals surface area contributed by atoms with Crippen LogP contribution in [0.25, 0.3) is 0 Å². The van der Waals surface area contributed by atoms with E-state index in [2.05, 4.69) is 32.7 Å². The Bertz CT molecular complexity index is 1420. The summed E-state index contributed by atoms with van der Waals surface area (Å²) in [5.41, 5.74) is 4.22. The van der Waals surface area contributed by atoms with Crippen LogP contribution in [0.1, 0.15) is 44.1 Å². The first-order chi connectivity index (χ1) is 20.4. The van der Waals surface area contributed by atoms with E-state index in [9.17, 15) is 9.59 Å². The maximum atomic E-state index is 12.3. The summed E-state index contributed by atoms with van der Waals surface area (Å²) in [6, 6.07) is 18.3. The average Bonchev–Trinajstić information content (AvgIpc) is 3.68. The molecule has 0 spiro atoms. The average molecular weight is 644 g/mol. The molecule has 2 aliphatic heterocycles. The molecule has 2 aromatic heterocycles. The second-order valence-electron chi connectivity index (χ2n) is 10.1. The first-order valence-electron chi connectivity index (χ1n) is 13.6. The number of nitrogens with zero attached hydrogens (tertiary/aromatic N) is 2. The zero-order valence-corrected chi connectivity index (χ0v) is 26.6. The van der Waals surface area contributed by atoms with Gasteiger partial charge in [-0.2, -0.15) is 0 Å². The summed E-state index contributed by atoms with van der Waals surface area (Å²) in [4.78, 5) is 31.7. The van der Waals surface area contributed by atoms with E-state index in [1.165, 1.54) is 35.1 Å². The van der Waals surface area contributed by atoms with Crippen LogP contribution in [0.2, 0.25) is 10.0 Å². The predicted octanol–water partition coefficient (Wildman–Crippen LogP) is 7.35. The molecule has 10 heteroatoms. The van der Waals surface area contributed by atoms with Gasteiger partial charge in [-0.1, -0.05) is 59.6 Å². The van der Waals surface area contributed by atoms with Crippen LogP contribution >= 0.6 is 45.9 Å². The summed E-state index contributed by atoms with van der Waals surface area (Å²) >= 11 is 16.1. The van der Waals surface area contributed by atoms with Gasteiger partial charge in [-0.3, -0.25) is 9.80 Å². The minimum atomic E-state index is -0.447. The van der Waals surface area contributed by atoms with Crippen molar-refractivity contribution in [1.82, 2.24) is 9.80 Å². The molecule has 0 radical (unpaired) electrons. The monoisotopic (exact) mass is 642 g/mol. The van der Waals surface area contributed by atoms with E-state index >= 15 is 0 Å². The molecule has 0 aliphatic carbocycles. The van der Waals surface area contributed by atoms with Gasteiger partial charge >= 0.3 is 11.9 Å². The molecule has 220 valence electrons. The number of esters is 2. The number of halogens is 2. The molecule has 4 aromatic rings. The zero-order chi connectivity index (χ0) is 29.6. The zero-order valence-electron chi connectivity index (χ0n) is 23.4. The standard InChI is InChI=1S/2C16H16ClNO2S/c2*1-20-16(19)15(12-4-2-3-5-13(12)17)18-8-6-14-11(10-18)7-9-21-14/h2*2-5,7,9,15H,6,8,10H2,1H3. The van der Waals surface area contributed by atoms with Crippen LogP contribution in [0.4, 0.5) is 0 Å². The molecule has 0 saturated heterocycles. The molecule has 4 heterocycles. The number of hydrogen-bond acceptors (Lipinski definition) is 8. The van der Waals surface area contributed by atoms with Crippen LogP contribution < -0.4 is 0 Å². The van der Waals surface area contributed by atoms with Gasteiger partial charge in [0.1, 0.15) is 12.1 Å². The number of hydrogen-bond donors (Lipinski definition) is 0. The fraction of sp³-hybridized carbons (Fsp3) is 0.312. The van der Waals surface area contributed by atoms with Gasteiger partial charge in [0.15, 0.2) is 0 Å². The Kier molecular flexibility index (Phi) is 10.4. The Morgan fingerprint density at radius 1 is 0.690 bits per heavy atom. The quantitative estimate of drug-likeness (QED) is 0.205. The molecule has 0 amide bonds. The van der Waals surface area contributed by atoms with Crippen molar-refractivity contribution in [2.24, 2.45) is 0 Å². The predicted molar refractivity (Wildman–Crippen MR) is 169 cm³/mol. The lowest BCUT2D eigenvalue weighted by Gasteiger charge is -2.33. The van der Waals surface area contributed by atoms with E-state index < -0.39 is 12.1 Å². The SMILES string of the molecule is COC(=O)C(c1ccccc1Cl)N1CCc2sccc2C1.COC(=O)C(c1ccccc1Cl)N1CCc2sccc2C1. The molecule has 2 atom stereocenters. The molecule has 0 bridgehead atoms. The fourth-order valence-electron chi connectivity index (χ4n) is 5.54. The van der Waals surface area contributed by atoms with Crippen LogP contribution in [0.5, 0.6) is 0 Å². The number of benzene rings is 2. The number of rotatable bonds is 6. The van der Waals surface area contributed by atoms with Gasteiger partial charge < -0.3 is 9.47 Å². The number of carbonyl (C=O) groups excluding carboxylic acids is 2. The largest absolute Gasteiger partial charge is 0.468 e. The molecule has 0 saturated carbocycles. The number of ether oxygens (including phenoxy) is 2. The van der Waals surface area contributed by atoms with E-state index in [0.29, 0.717) is 10.0 Å². The third-order valence-electron chi connectivity index (χ3n) is 7.65. The van der Waals surface area contributed by atoms with Crippen LogP contribution in [0.15, 0.2) is 71.4 Å². The first-order valence-corrected chi connectivity index (χ1v) is 16.2. The Morgan fingerprint density at radius 3 is 1.48 bits per heavy atom. The molecule has 42 heavy (non-hydrogen) atoms. The summed E-state index contributed by atoms with van der Waals surface area (Å²) in [6.45, 7) is 3.17. The summed E-state index contributed by atoms with van der Waals surface area (Å²) in [7, 11) is 2.85. The molecule has 2 aromatic carbocycles. The van der Waals surface area contributed by atoms with E-state index in [-0.39, 0.29) is 11.9 Å². The van der Waals surface area contributed by atoms with E-state index in [1.807, 2.05) is 48.5 Å². The molecular formula is C32H32Cl2N2O4S2. The van der Waals surface area contributed by atoms with Gasteiger partial charge in [0.2, 0.25) is 0 Å². The van der Waals surface area contributed by atoms with E-state index in [4.69, 9.17) is 32.7 Å². The van der Waals surface area contributed by atoms with Crippen molar-refractivity contribution in [3.8, 4) is 0 Å². The van der Waals surface area contributed by atoms with Gasteiger partial charge in [0.05, 0.1) is 14.2 Å². The number of fused-ring (bicyclic) bond motifs is 2. The first kappa shape index (κ1) is 30.7. The summed E-state index contributed by atoms with van der Waals surface area (Å²) in [5, 5.41) is 5.42. The number of thiophene rings is 2. The van der Waals surface area contributed by atoms with Crippen molar-refractivity contribution in [3.05, 3.63) is 113 Å². The molecule has 2 unspecified atom stereocenters. The van der Waals surface area contributed by atoms with Crippen molar-refractivity contribution in [3.63, 3.8) is 0 Å². The molecule has 2 aliphatic rings. The van der Waals surface area contributed by atoms with Crippen LogP contribution in [-0.4, -0.2) is 49.0 Å². The maximum Gasteiger partial charge on any atom is 0.327 e. The van der Waals surface area contributed by atoms with Gasteiger partial charge in [0, 0.05) is 46.0 Å². The molecular weight excluding hydrogens is 611 g/mol. The lowest BCUT2D eigenvalue weighted by molar-refractivity contribution is -0.148. The Labute approximate surface area is 264 Å². The van der Waals surface area contributed by atoms with Crippen molar-refractivity contribution in [2.75, 3.05) is 27.3 Å². The highest BCUT2D eigenvalue weighted by atomic mass is 35.5. The van der Waals surface area contributed by atoms with Crippen molar-refractivity contribution >= 4 is 57.8 Å².